The molecular formula is C13H20FN3O2S. The Balaban J connectivity index is 2.11. The second-order valence-electron chi connectivity index (χ2n) is 5.15. The summed E-state index contributed by atoms with van der Waals surface area (Å²) in [5.41, 5.74) is 6.98. The molecule has 0 spiro atoms. The van der Waals surface area contributed by atoms with E-state index in [-0.39, 0.29) is 11.9 Å². The van der Waals surface area contributed by atoms with E-state index in [1.165, 1.54) is 16.6 Å². The molecule has 1 atom stereocenters. The first-order valence-corrected chi connectivity index (χ1v) is 8.39. The predicted molar refractivity (Wildman–Crippen MR) is 77.6 cm³/mol. The van der Waals surface area contributed by atoms with Crippen molar-refractivity contribution in [3.05, 3.63) is 29.6 Å². The van der Waals surface area contributed by atoms with Crippen molar-refractivity contribution in [1.29, 1.82) is 0 Å². The van der Waals surface area contributed by atoms with Crippen molar-refractivity contribution in [2.24, 2.45) is 5.73 Å². The zero-order valence-corrected chi connectivity index (χ0v) is 12.5. The van der Waals surface area contributed by atoms with Crippen LogP contribution in [-0.4, -0.2) is 45.2 Å². The molecule has 1 aromatic rings. The normalized spacial score (nSPS) is 19.1. The van der Waals surface area contributed by atoms with Gasteiger partial charge in [0.25, 0.3) is 0 Å². The molecule has 2 rings (SSSR count). The van der Waals surface area contributed by atoms with Crippen LogP contribution in [0.2, 0.25) is 0 Å². The number of hydrogen-bond acceptors (Lipinski definition) is 4. The first kappa shape index (κ1) is 15.2. The molecule has 1 heterocycles. The van der Waals surface area contributed by atoms with Crippen molar-refractivity contribution in [1.82, 2.24) is 4.31 Å². The van der Waals surface area contributed by atoms with Gasteiger partial charge < -0.3 is 10.6 Å². The van der Waals surface area contributed by atoms with Gasteiger partial charge in [0.15, 0.2) is 0 Å². The molecular weight excluding hydrogens is 281 g/mol. The van der Waals surface area contributed by atoms with Crippen LogP contribution in [0.3, 0.4) is 0 Å². The molecule has 112 valence electrons. The van der Waals surface area contributed by atoms with E-state index in [1.54, 1.807) is 13.0 Å². The molecule has 5 nitrogen and oxygen atoms in total. The Hall–Kier alpha value is -1.18. The maximum atomic E-state index is 14.1. The van der Waals surface area contributed by atoms with Gasteiger partial charge in [-0.1, -0.05) is 6.07 Å². The van der Waals surface area contributed by atoms with Gasteiger partial charge in [0.2, 0.25) is 10.0 Å². The van der Waals surface area contributed by atoms with E-state index in [0.717, 1.165) is 5.56 Å². The van der Waals surface area contributed by atoms with Gasteiger partial charge in [-0.05, 0) is 24.6 Å². The van der Waals surface area contributed by atoms with Gasteiger partial charge in [-0.3, -0.25) is 0 Å². The lowest BCUT2D eigenvalue weighted by Gasteiger charge is -2.35. The van der Waals surface area contributed by atoms with Crippen LogP contribution in [0.1, 0.15) is 18.5 Å². The first-order valence-electron chi connectivity index (χ1n) is 6.54. The molecule has 20 heavy (non-hydrogen) atoms. The fourth-order valence-corrected chi connectivity index (χ4v) is 3.15. The van der Waals surface area contributed by atoms with Crippen LogP contribution in [0.5, 0.6) is 0 Å². The molecule has 1 fully saturated rings. The Morgan fingerprint density at radius 1 is 1.25 bits per heavy atom. The third kappa shape index (κ3) is 3.28. The highest BCUT2D eigenvalue weighted by molar-refractivity contribution is 7.88. The van der Waals surface area contributed by atoms with Gasteiger partial charge in [-0.2, -0.15) is 4.31 Å². The average molecular weight is 301 g/mol. The summed E-state index contributed by atoms with van der Waals surface area (Å²) in [6, 6.07) is 4.76. The fourth-order valence-electron chi connectivity index (χ4n) is 2.32. The van der Waals surface area contributed by atoms with Gasteiger partial charge in [0.05, 0.1) is 11.9 Å². The van der Waals surface area contributed by atoms with Crippen LogP contribution in [0, 0.1) is 5.82 Å². The zero-order chi connectivity index (χ0) is 14.9. The van der Waals surface area contributed by atoms with Gasteiger partial charge in [0.1, 0.15) is 5.82 Å². The predicted octanol–water partition coefficient (Wildman–Crippen LogP) is 0.927. The van der Waals surface area contributed by atoms with Crippen LogP contribution < -0.4 is 10.6 Å². The summed E-state index contributed by atoms with van der Waals surface area (Å²) in [7, 11) is -3.16. The SMILES string of the molecule is C[C@H](N)c1ccc(N2CCN(S(C)(=O)=O)CC2)c(F)c1. The molecule has 0 aliphatic carbocycles. The van der Waals surface area contributed by atoms with Gasteiger partial charge in [-0.15, -0.1) is 0 Å². The van der Waals surface area contributed by atoms with E-state index in [0.29, 0.717) is 31.9 Å². The lowest BCUT2D eigenvalue weighted by molar-refractivity contribution is 0.386. The number of hydrogen-bond donors (Lipinski definition) is 1. The second kappa shape index (κ2) is 5.67. The minimum atomic E-state index is -3.16. The lowest BCUT2D eigenvalue weighted by atomic mass is 10.1. The second-order valence-corrected chi connectivity index (χ2v) is 7.13. The van der Waals surface area contributed by atoms with E-state index < -0.39 is 10.0 Å². The number of nitrogens with zero attached hydrogens (tertiary/aromatic N) is 2. The zero-order valence-electron chi connectivity index (χ0n) is 11.7. The molecule has 0 saturated carbocycles. The van der Waals surface area contributed by atoms with Gasteiger partial charge >= 0.3 is 0 Å². The largest absolute Gasteiger partial charge is 0.367 e. The van der Waals surface area contributed by atoms with E-state index in [2.05, 4.69) is 0 Å². The van der Waals surface area contributed by atoms with Crippen molar-refractivity contribution < 1.29 is 12.8 Å². The van der Waals surface area contributed by atoms with Crippen LogP contribution in [0.4, 0.5) is 10.1 Å². The molecule has 0 amide bonds. The topological polar surface area (TPSA) is 66.6 Å². The van der Waals surface area contributed by atoms with Crippen molar-refractivity contribution in [2.45, 2.75) is 13.0 Å². The molecule has 1 saturated heterocycles. The number of sulfonamides is 1. The Kier molecular flexibility index (Phi) is 4.31. The van der Waals surface area contributed by atoms with Crippen molar-refractivity contribution in [3.8, 4) is 0 Å². The number of nitrogens with two attached hydrogens (primary N) is 1. The Morgan fingerprint density at radius 2 is 1.85 bits per heavy atom. The number of halogens is 1. The maximum Gasteiger partial charge on any atom is 0.211 e. The minimum absolute atomic E-state index is 0.208. The van der Waals surface area contributed by atoms with Crippen LogP contribution >= 0.6 is 0 Å². The monoisotopic (exact) mass is 301 g/mol. The summed E-state index contributed by atoms with van der Waals surface area (Å²) in [5, 5.41) is 0. The standard InChI is InChI=1S/C13H20FN3O2S/c1-10(15)11-3-4-13(12(14)9-11)16-5-7-17(8-6-16)20(2,18)19/h3-4,9-10H,5-8,15H2,1-2H3/t10-/m0/s1. The van der Waals surface area contributed by atoms with E-state index >= 15 is 0 Å². The summed E-state index contributed by atoms with van der Waals surface area (Å²) in [5.74, 6) is -0.312. The third-order valence-electron chi connectivity index (χ3n) is 3.55. The van der Waals surface area contributed by atoms with E-state index in [9.17, 15) is 12.8 Å². The Bertz CT molecular complexity index is 581. The summed E-state index contributed by atoms with van der Waals surface area (Å²) >= 11 is 0. The molecule has 1 aromatic carbocycles. The van der Waals surface area contributed by atoms with Gasteiger partial charge in [-0.25, -0.2) is 12.8 Å². The van der Waals surface area contributed by atoms with E-state index in [1.807, 2.05) is 11.0 Å². The third-order valence-corrected chi connectivity index (χ3v) is 4.85. The van der Waals surface area contributed by atoms with Crippen molar-refractivity contribution in [2.75, 3.05) is 37.3 Å². The van der Waals surface area contributed by atoms with Crippen LogP contribution in [-0.2, 0) is 10.0 Å². The summed E-state index contributed by atoms with van der Waals surface area (Å²) in [6.07, 6.45) is 1.20. The molecule has 0 unspecified atom stereocenters. The summed E-state index contributed by atoms with van der Waals surface area (Å²) in [6.45, 7) is 3.54. The quantitative estimate of drug-likeness (QED) is 0.902. The molecule has 1 aliphatic heterocycles. The maximum absolute atomic E-state index is 14.1. The number of benzene rings is 1. The first-order chi connectivity index (χ1) is 9.29. The fraction of sp³-hybridized carbons (Fsp3) is 0.538. The highest BCUT2D eigenvalue weighted by Gasteiger charge is 2.24. The van der Waals surface area contributed by atoms with Crippen molar-refractivity contribution in [3.63, 3.8) is 0 Å². The molecule has 2 N–H and O–H groups in total. The average Bonchev–Trinajstić information content (AvgIpc) is 2.37. The van der Waals surface area contributed by atoms with Crippen LogP contribution in [0.15, 0.2) is 18.2 Å². The highest BCUT2D eigenvalue weighted by atomic mass is 32.2. The van der Waals surface area contributed by atoms with Gasteiger partial charge in [0, 0.05) is 32.2 Å². The molecule has 7 heteroatoms. The minimum Gasteiger partial charge on any atom is -0.367 e. The molecule has 1 aliphatic rings. The number of anilines is 1. The molecule has 0 bridgehead atoms. The number of rotatable bonds is 3. The smallest absolute Gasteiger partial charge is 0.211 e. The summed E-state index contributed by atoms with van der Waals surface area (Å²) in [4.78, 5) is 1.86. The Morgan fingerprint density at radius 3 is 2.30 bits per heavy atom. The lowest BCUT2D eigenvalue weighted by Crippen LogP contribution is -2.48. The molecule has 0 radical (unpaired) electrons. The van der Waals surface area contributed by atoms with Crippen molar-refractivity contribution >= 4 is 15.7 Å². The number of piperazine rings is 1. The highest BCUT2D eigenvalue weighted by Crippen LogP contribution is 2.24. The van der Waals surface area contributed by atoms with Crippen LogP contribution in [0.25, 0.3) is 0 Å². The summed E-state index contributed by atoms with van der Waals surface area (Å²) < 4.78 is 38.4. The van der Waals surface area contributed by atoms with E-state index in [4.69, 9.17) is 5.73 Å². The molecule has 0 aromatic heterocycles. The Labute approximate surface area is 119 Å².